The van der Waals surface area contributed by atoms with Crippen molar-refractivity contribution in [3.8, 4) is 0 Å². The van der Waals surface area contributed by atoms with Crippen molar-refractivity contribution in [2.45, 2.75) is 34.1 Å². The Morgan fingerprint density at radius 1 is 1.00 bits per heavy atom. The lowest BCUT2D eigenvalue weighted by Crippen LogP contribution is -2.22. The number of rotatable bonds is 5. The molecule has 0 aliphatic heterocycles. The van der Waals surface area contributed by atoms with E-state index in [-0.39, 0.29) is 12.5 Å². The zero-order chi connectivity index (χ0) is 17.7. The number of ether oxygens (including phenoxy) is 1. The minimum Gasteiger partial charge on any atom is -0.452 e. The Labute approximate surface area is 142 Å². The molecule has 0 saturated carbocycles. The molecule has 1 amide bonds. The largest absolute Gasteiger partial charge is 0.452 e. The van der Waals surface area contributed by atoms with Gasteiger partial charge in [0.2, 0.25) is 0 Å². The molecule has 2 rings (SSSR count). The van der Waals surface area contributed by atoms with Crippen molar-refractivity contribution < 1.29 is 14.3 Å². The minimum atomic E-state index is -0.492. The molecule has 0 saturated heterocycles. The number of benzene rings is 2. The van der Waals surface area contributed by atoms with E-state index in [0.717, 1.165) is 34.4 Å². The Morgan fingerprint density at radius 3 is 2.42 bits per heavy atom. The average Bonchev–Trinajstić information content (AvgIpc) is 2.57. The molecule has 1 N–H and O–H groups in total. The fourth-order valence-electron chi connectivity index (χ4n) is 2.46. The van der Waals surface area contributed by atoms with Crippen LogP contribution in [0.15, 0.2) is 36.4 Å². The van der Waals surface area contributed by atoms with Gasteiger partial charge in [0.05, 0.1) is 5.56 Å². The van der Waals surface area contributed by atoms with Gasteiger partial charge in [-0.2, -0.15) is 0 Å². The molecule has 0 fully saturated rings. The predicted molar refractivity (Wildman–Crippen MR) is 95.4 cm³/mol. The van der Waals surface area contributed by atoms with Crippen molar-refractivity contribution in [1.82, 2.24) is 0 Å². The topological polar surface area (TPSA) is 55.4 Å². The Balaban J connectivity index is 1.98. The van der Waals surface area contributed by atoms with E-state index in [2.05, 4.69) is 5.32 Å². The monoisotopic (exact) mass is 325 g/mol. The number of hydrogen-bond acceptors (Lipinski definition) is 3. The first-order chi connectivity index (χ1) is 11.4. The van der Waals surface area contributed by atoms with Crippen molar-refractivity contribution in [2.75, 3.05) is 11.9 Å². The van der Waals surface area contributed by atoms with Crippen LogP contribution in [0.4, 0.5) is 5.69 Å². The molecule has 2 aromatic carbocycles. The highest BCUT2D eigenvalue weighted by atomic mass is 16.5. The van der Waals surface area contributed by atoms with E-state index < -0.39 is 5.97 Å². The van der Waals surface area contributed by atoms with E-state index in [4.69, 9.17) is 4.74 Å². The Bertz CT molecular complexity index is 765. The molecule has 0 heterocycles. The van der Waals surface area contributed by atoms with E-state index in [9.17, 15) is 9.59 Å². The summed E-state index contributed by atoms with van der Waals surface area (Å²) in [5.74, 6) is -0.829. The number of carbonyl (C=O) groups excluding carboxylic acids is 2. The number of para-hydroxylation sites is 1. The molecular weight excluding hydrogens is 302 g/mol. The Hall–Kier alpha value is -2.62. The molecule has 0 aliphatic carbocycles. The van der Waals surface area contributed by atoms with Crippen LogP contribution >= 0.6 is 0 Å². The first kappa shape index (κ1) is 17.7. The van der Waals surface area contributed by atoms with Crippen LogP contribution in [-0.4, -0.2) is 18.5 Å². The normalized spacial score (nSPS) is 10.3. The predicted octanol–water partition coefficient (Wildman–Crippen LogP) is 3.97. The van der Waals surface area contributed by atoms with E-state index in [1.54, 1.807) is 12.1 Å². The lowest BCUT2D eigenvalue weighted by Gasteiger charge is -2.13. The number of hydrogen-bond donors (Lipinski definition) is 1. The molecule has 0 aliphatic rings. The van der Waals surface area contributed by atoms with Crippen LogP contribution in [0.2, 0.25) is 0 Å². The van der Waals surface area contributed by atoms with Gasteiger partial charge in [0.15, 0.2) is 6.61 Å². The van der Waals surface area contributed by atoms with Crippen LogP contribution in [-0.2, 0) is 16.0 Å². The summed E-state index contributed by atoms with van der Waals surface area (Å²) in [7, 11) is 0. The van der Waals surface area contributed by atoms with Crippen LogP contribution < -0.4 is 5.32 Å². The second-order valence-corrected chi connectivity index (χ2v) is 5.89. The van der Waals surface area contributed by atoms with Gasteiger partial charge >= 0.3 is 5.97 Å². The van der Waals surface area contributed by atoms with Gasteiger partial charge in [-0.25, -0.2) is 4.79 Å². The summed E-state index contributed by atoms with van der Waals surface area (Å²) in [6.07, 6.45) is 0.819. The number of amides is 1. The second-order valence-electron chi connectivity index (χ2n) is 5.89. The molecular formula is C20H23NO3. The average molecular weight is 325 g/mol. The quantitative estimate of drug-likeness (QED) is 0.846. The zero-order valence-corrected chi connectivity index (χ0v) is 14.6. The third-order valence-electron chi connectivity index (χ3n) is 4.08. The molecule has 24 heavy (non-hydrogen) atoms. The highest BCUT2D eigenvalue weighted by Crippen LogP contribution is 2.21. The molecule has 0 atom stereocenters. The number of carbonyl (C=O) groups is 2. The maximum atomic E-state index is 12.1. The van der Waals surface area contributed by atoms with Crippen LogP contribution in [0, 0.1) is 20.8 Å². The second kappa shape index (κ2) is 7.77. The lowest BCUT2D eigenvalue weighted by molar-refractivity contribution is -0.119. The maximum Gasteiger partial charge on any atom is 0.338 e. The van der Waals surface area contributed by atoms with E-state index in [1.807, 2.05) is 52.0 Å². The molecule has 4 nitrogen and oxygen atoms in total. The molecule has 0 unspecified atom stereocenters. The highest BCUT2D eigenvalue weighted by molar-refractivity contribution is 5.96. The van der Waals surface area contributed by atoms with Gasteiger partial charge in [0.1, 0.15) is 0 Å². The maximum absolute atomic E-state index is 12.1. The molecule has 0 bridgehead atoms. The first-order valence-electron chi connectivity index (χ1n) is 8.05. The standard InChI is InChI=1S/C20H23NO3/c1-5-16-8-6-7-14(3)19(16)21-18(22)12-24-20(23)17-10-9-13(2)15(4)11-17/h6-11H,5,12H2,1-4H3,(H,21,22). The van der Waals surface area contributed by atoms with Crippen molar-refractivity contribution in [2.24, 2.45) is 0 Å². The SMILES string of the molecule is CCc1cccc(C)c1NC(=O)COC(=O)c1ccc(C)c(C)c1. The molecule has 0 spiro atoms. The fraction of sp³-hybridized carbons (Fsp3) is 0.300. The summed E-state index contributed by atoms with van der Waals surface area (Å²) in [6, 6.07) is 11.2. The van der Waals surface area contributed by atoms with Crippen molar-refractivity contribution >= 4 is 17.6 Å². The summed E-state index contributed by atoms with van der Waals surface area (Å²) in [6.45, 7) is 7.58. The van der Waals surface area contributed by atoms with E-state index in [0.29, 0.717) is 5.56 Å². The smallest absolute Gasteiger partial charge is 0.338 e. The Kier molecular flexibility index (Phi) is 5.74. The van der Waals surface area contributed by atoms with Crippen LogP contribution in [0.5, 0.6) is 0 Å². The van der Waals surface area contributed by atoms with Gasteiger partial charge in [-0.1, -0.05) is 31.2 Å². The molecule has 0 aromatic heterocycles. The van der Waals surface area contributed by atoms with Gasteiger partial charge in [0.25, 0.3) is 5.91 Å². The third kappa shape index (κ3) is 4.22. The fourth-order valence-corrected chi connectivity index (χ4v) is 2.46. The first-order valence-corrected chi connectivity index (χ1v) is 8.05. The van der Waals surface area contributed by atoms with E-state index in [1.165, 1.54) is 0 Å². The summed E-state index contributed by atoms with van der Waals surface area (Å²) < 4.78 is 5.12. The highest BCUT2D eigenvalue weighted by Gasteiger charge is 2.13. The van der Waals surface area contributed by atoms with Crippen molar-refractivity contribution in [3.05, 3.63) is 64.2 Å². The molecule has 126 valence electrons. The minimum absolute atomic E-state index is 0.302. The number of anilines is 1. The van der Waals surface area contributed by atoms with E-state index >= 15 is 0 Å². The zero-order valence-electron chi connectivity index (χ0n) is 14.6. The van der Waals surface area contributed by atoms with Crippen LogP contribution in [0.3, 0.4) is 0 Å². The molecule has 2 aromatic rings. The molecule has 4 heteroatoms. The van der Waals surface area contributed by atoms with Crippen LogP contribution in [0.25, 0.3) is 0 Å². The van der Waals surface area contributed by atoms with Gasteiger partial charge in [-0.3, -0.25) is 4.79 Å². The Morgan fingerprint density at radius 2 is 1.75 bits per heavy atom. The summed E-state index contributed by atoms with van der Waals surface area (Å²) in [4.78, 5) is 24.2. The molecule has 0 radical (unpaired) electrons. The van der Waals surface area contributed by atoms with Gasteiger partial charge < -0.3 is 10.1 Å². The van der Waals surface area contributed by atoms with Gasteiger partial charge in [0, 0.05) is 5.69 Å². The summed E-state index contributed by atoms with van der Waals surface area (Å²) in [5.41, 5.74) is 5.42. The third-order valence-corrected chi connectivity index (χ3v) is 4.08. The number of esters is 1. The van der Waals surface area contributed by atoms with Crippen LogP contribution in [0.1, 0.15) is 39.5 Å². The summed E-state index contributed by atoms with van der Waals surface area (Å²) in [5, 5.41) is 2.84. The van der Waals surface area contributed by atoms with Crippen molar-refractivity contribution in [3.63, 3.8) is 0 Å². The number of nitrogens with one attached hydrogen (secondary N) is 1. The number of aryl methyl sites for hydroxylation is 4. The van der Waals surface area contributed by atoms with Gasteiger partial charge in [-0.15, -0.1) is 0 Å². The van der Waals surface area contributed by atoms with Gasteiger partial charge in [-0.05, 0) is 61.6 Å². The lowest BCUT2D eigenvalue weighted by atomic mass is 10.1. The summed E-state index contributed by atoms with van der Waals surface area (Å²) >= 11 is 0. The van der Waals surface area contributed by atoms with Crippen molar-refractivity contribution in [1.29, 1.82) is 0 Å².